The van der Waals surface area contributed by atoms with E-state index in [9.17, 15) is 0 Å². The van der Waals surface area contributed by atoms with Gasteiger partial charge < -0.3 is 0 Å². The van der Waals surface area contributed by atoms with Gasteiger partial charge in [-0.3, -0.25) is 0 Å². The molecule has 102 valence electrons. The normalized spacial score (nSPS) is 11.1. The molecular weight excluding hydrogens is 280 g/mol. The van der Waals surface area contributed by atoms with Crippen LogP contribution in [0.15, 0.2) is 54.2 Å². The quantitative estimate of drug-likeness (QED) is 0.563. The minimum Gasteiger partial charge on any atom is -0.245 e. The summed E-state index contributed by atoms with van der Waals surface area (Å²) in [5.74, 6) is 0.833. The molecule has 0 spiro atoms. The van der Waals surface area contributed by atoms with Gasteiger partial charge in [0.1, 0.15) is 0 Å². The van der Waals surface area contributed by atoms with Gasteiger partial charge in [0.05, 0.1) is 27.6 Å². The number of benzene rings is 1. The van der Waals surface area contributed by atoms with Crippen molar-refractivity contribution in [1.29, 1.82) is 0 Å². The van der Waals surface area contributed by atoms with Crippen LogP contribution >= 0.6 is 11.3 Å². The third kappa shape index (κ3) is 2.11. The van der Waals surface area contributed by atoms with Crippen LogP contribution in [0.3, 0.4) is 0 Å². The summed E-state index contributed by atoms with van der Waals surface area (Å²) in [4.78, 5) is 8.86. The molecule has 0 aliphatic carbocycles. The average molecular weight is 292 g/mol. The Morgan fingerprint density at radius 3 is 2.95 bits per heavy atom. The number of aromatic nitrogens is 4. The van der Waals surface area contributed by atoms with Crippen molar-refractivity contribution in [1.82, 2.24) is 19.7 Å². The minimum absolute atomic E-state index is 0.833. The number of rotatable bonds is 2. The van der Waals surface area contributed by atoms with Crippen molar-refractivity contribution in [3.63, 3.8) is 0 Å². The second kappa shape index (κ2) is 4.79. The standard InChI is InChI=1S/C16H12N4S/c1-11-3-2-4-16(19-11)20-14(7-8-18-20)12-5-6-13-15(9-12)21-10-17-13/h2-10H,1H3. The lowest BCUT2D eigenvalue weighted by Gasteiger charge is -2.07. The summed E-state index contributed by atoms with van der Waals surface area (Å²) >= 11 is 1.65. The number of hydrogen-bond donors (Lipinski definition) is 0. The van der Waals surface area contributed by atoms with E-state index in [1.165, 1.54) is 4.70 Å². The highest BCUT2D eigenvalue weighted by Gasteiger charge is 2.09. The molecule has 0 unspecified atom stereocenters. The van der Waals surface area contributed by atoms with Crippen molar-refractivity contribution in [2.75, 3.05) is 0 Å². The maximum atomic E-state index is 4.54. The fourth-order valence-corrected chi connectivity index (χ4v) is 3.08. The summed E-state index contributed by atoms with van der Waals surface area (Å²) in [5.41, 5.74) is 6.03. The lowest BCUT2D eigenvalue weighted by atomic mass is 10.1. The van der Waals surface area contributed by atoms with Gasteiger partial charge in [0.25, 0.3) is 0 Å². The monoisotopic (exact) mass is 292 g/mol. The number of thiazole rings is 1. The van der Waals surface area contributed by atoms with E-state index in [0.29, 0.717) is 0 Å². The van der Waals surface area contributed by atoms with Crippen LogP contribution in [0.5, 0.6) is 0 Å². The Kier molecular flexibility index (Phi) is 2.79. The molecule has 4 rings (SSSR count). The van der Waals surface area contributed by atoms with Gasteiger partial charge in [-0.05, 0) is 37.3 Å². The topological polar surface area (TPSA) is 43.6 Å². The van der Waals surface area contributed by atoms with E-state index in [0.717, 1.165) is 28.3 Å². The third-order valence-corrected chi connectivity index (χ3v) is 4.15. The van der Waals surface area contributed by atoms with E-state index in [4.69, 9.17) is 0 Å². The number of aryl methyl sites for hydroxylation is 1. The molecular formula is C16H12N4S. The SMILES string of the molecule is Cc1cccc(-n2nccc2-c2ccc3ncsc3c2)n1. The average Bonchev–Trinajstić information content (AvgIpc) is 3.15. The molecule has 0 atom stereocenters. The highest BCUT2D eigenvalue weighted by molar-refractivity contribution is 7.16. The summed E-state index contributed by atoms with van der Waals surface area (Å²) in [7, 11) is 0. The van der Waals surface area contributed by atoms with Crippen LogP contribution in [0.4, 0.5) is 0 Å². The van der Waals surface area contributed by atoms with E-state index in [2.05, 4.69) is 27.2 Å². The van der Waals surface area contributed by atoms with E-state index in [1.54, 1.807) is 17.5 Å². The first-order valence-electron chi connectivity index (χ1n) is 6.63. The van der Waals surface area contributed by atoms with Gasteiger partial charge in [0, 0.05) is 11.3 Å². The third-order valence-electron chi connectivity index (χ3n) is 3.36. The molecule has 3 aromatic heterocycles. The molecule has 0 bridgehead atoms. The molecule has 1 aromatic carbocycles. The van der Waals surface area contributed by atoms with Gasteiger partial charge in [-0.15, -0.1) is 11.3 Å². The molecule has 3 heterocycles. The van der Waals surface area contributed by atoms with Gasteiger partial charge in [-0.1, -0.05) is 12.1 Å². The minimum atomic E-state index is 0.833. The van der Waals surface area contributed by atoms with E-state index < -0.39 is 0 Å². The second-order valence-electron chi connectivity index (χ2n) is 4.80. The van der Waals surface area contributed by atoms with Crippen LogP contribution in [0.25, 0.3) is 27.3 Å². The molecule has 0 saturated carbocycles. The van der Waals surface area contributed by atoms with Gasteiger partial charge in [0.2, 0.25) is 0 Å². The fourth-order valence-electron chi connectivity index (χ4n) is 2.37. The molecule has 5 heteroatoms. The Morgan fingerprint density at radius 2 is 2.05 bits per heavy atom. The molecule has 0 amide bonds. The van der Waals surface area contributed by atoms with Crippen LogP contribution in [0, 0.1) is 6.92 Å². The Bertz CT molecular complexity index is 923. The summed E-state index contributed by atoms with van der Waals surface area (Å²) < 4.78 is 3.05. The largest absolute Gasteiger partial charge is 0.245 e. The highest BCUT2D eigenvalue weighted by Crippen LogP contribution is 2.27. The molecule has 21 heavy (non-hydrogen) atoms. The van der Waals surface area contributed by atoms with Gasteiger partial charge >= 0.3 is 0 Å². The molecule has 4 nitrogen and oxygen atoms in total. The molecule has 0 aliphatic rings. The molecule has 4 aromatic rings. The molecule has 0 saturated heterocycles. The first kappa shape index (κ1) is 12.2. The van der Waals surface area contributed by atoms with E-state index >= 15 is 0 Å². The Balaban J connectivity index is 1.88. The summed E-state index contributed by atoms with van der Waals surface area (Å²) in [6, 6.07) is 14.2. The lowest BCUT2D eigenvalue weighted by Crippen LogP contribution is -2.02. The van der Waals surface area contributed by atoms with Gasteiger partial charge in [-0.25, -0.2) is 14.6 Å². The Hall–Kier alpha value is -2.53. The predicted molar refractivity (Wildman–Crippen MR) is 84.7 cm³/mol. The molecule has 0 N–H and O–H groups in total. The zero-order chi connectivity index (χ0) is 14.2. The Labute approximate surface area is 125 Å². The van der Waals surface area contributed by atoms with Gasteiger partial charge in [-0.2, -0.15) is 5.10 Å². The second-order valence-corrected chi connectivity index (χ2v) is 5.69. The van der Waals surface area contributed by atoms with Crippen LogP contribution < -0.4 is 0 Å². The Morgan fingerprint density at radius 1 is 1.10 bits per heavy atom. The first-order chi connectivity index (χ1) is 10.3. The molecule has 0 aliphatic heterocycles. The van der Waals surface area contributed by atoms with E-state index in [-0.39, 0.29) is 0 Å². The lowest BCUT2D eigenvalue weighted by molar-refractivity contribution is 0.848. The number of pyridine rings is 1. The van der Waals surface area contributed by atoms with Crippen LogP contribution in [0.2, 0.25) is 0 Å². The van der Waals surface area contributed by atoms with Crippen LogP contribution in [-0.2, 0) is 0 Å². The fraction of sp³-hybridized carbons (Fsp3) is 0.0625. The summed E-state index contributed by atoms with van der Waals surface area (Å²) in [6.07, 6.45) is 1.80. The smallest absolute Gasteiger partial charge is 0.154 e. The van der Waals surface area contributed by atoms with Crippen molar-refractivity contribution in [2.45, 2.75) is 6.92 Å². The zero-order valence-electron chi connectivity index (χ0n) is 11.4. The maximum absolute atomic E-state index is 4.54. The van der Waals surface area contributed by atoms with Crippen LogP contribution in [0.1, 0.15) is 5.69 Å². The van der Waals surface area contributed by atoms with E-state index in [1.807, 2.05) is 47.4 Å². The zero-order valence-corrected chi connectivity index (χ0v) is 12.2. The first-order valence-corrected chi connectivity index (χ1v) is 7.51. The molecule has 0 radical (unpaired) electrons. The van der Waals surface area contributed by atoms with Crippen molar-refractivity contribution < 1.29 is 0 Å². The number of hydrogen-bond acceptors (Lipinski definition) is 4. The predicted octanol–water partition coefficient (Wildman–Crippen LogP) is 3.85. The molecule has 0 fully saturated rings. The highest BCUT2D eigenvalue weighted by atomic mass is 32.1. The summed E-state index contributed by atoms with van der Waals surface area (Å²) in [6.45, 7) is 1.98. The van der Waals surface area contributed by atoms with Gasteiger partial charge in [0.15, 0.2) is 5.82 Å². The van der Waals surface area contributed by atoms with Crippen molar-refractivity contribution in [3.8, 4) is 17.1 Å². The van der Waals surface area contributed by atoms with Crippen molar-refractivity contribution in [2.24, 2.45) is 0 Å². The van der Waals surface area contributed by atoms with Crippen LogP contribution in [-0.4, -0.2) is 19.7 Å². The van der Waals surface area contributed by atoms with Crippen molar-refractivity contribution in [3.05, 3.63) is 59.9 Å². The summed E-state index contributed by atoms with van der Waals surface area (Å²) in [5, 5.41) is 4.41. The number of nitrogens with zero attached hydrogens (tertiary/aromatic N) is 4. The van der Waals surface area contributed by atoms with Crippen molar-refractivity contribution >= 4 is 21.6 Å². The number of fused-ring (bicyclic) bond motifs is 1. The maximum Gasteiger partial charge on any atom is 0.154 e.